The summed E-state index contributed by atoms with van der Waals surface area (Å²) in [7, 11) is 0. The zero-order valence-electron chi connectivity index (χ0n) is 11.1. The van der Waals surface area contributed by atoms with Crippen molar-refractivity contribution in [2.75, 3.05) is 6.54 Å². The first-order chi connectivity index (χ1) is 8.50. The number of nitrogens with one attached hydrogen (secondary N) is 2. The van der Waals surface area contributed by atoms with Crippen molar-refractivity contribution < 1.29 is 4.79 Å². The van der Waals surface area contributed by atoms with Gasteiger partial charge in [-0.05, 0) is 46.6 Å². The molecule has 0 fully saturated rings. The van der Waals surface area contributed by atoms with Gasteiger partial charge < -0.3 is 10.6 Å². The van der Waals surface area contributed by atoms with Crippen LogP contribution in [0.3, 0.4) is 0 Å². The van der Waals surface area contributed by atoms with E-state index in [2.05, 4.69) is 40.4 Å². The maximum Gasteiger partial charge on any atom is 0.236 e. The fourth-order valence-electron chi connectivity index (χ4n) is 1.43. The molecule has 0 saturated heterocycles. The summed E-state index contributed by atoms with van der Waals surface area (Å²) in [5.41, 5.74) is 0. The van der Waals surface area contributed by atoms with Crippen LogP contribution in [0, 0.1) is 5.92 Å². The molecule has 1 amide bonds. The van der Waals surface area contributed by atoms with Gasteiger partial charge in [-0.2, -0.15) is 0 Å². The number of amides is 1. The molecule has 0 aliphatic carbocycles. The lowest BCUT2D eigenvalue weighted by atomic mass is 10.1. The van der Waals surface area contributed by atoms with E-state index in [1.165, 1.54) is 4.88 Å². The monoisotopic (exact) mass is 332 g/mol. The van der Waals surface area contributed by atoms with Gasteiger partial charge in [0.25, 0.3) is 0 Å². The van der Waals surface area contributed by atoms with Gasteiger partial charge in [-0.3, -0.25) is 4.79 Å². The van der Waals surface area contributed by atoms with Crippen LogP contribution < -0.4 is 10.6 Å². The highest BCUT2D eigenvalue weighted by Crippen LogP contribution is 2.22. The number of hydrogen-bond acceptors (Lipinski definition) is 3. The molecule has 0 saturated carbocycles. The molecule has 0 bridgehead atoms. The smallest absolute Gasteiger partial charge is 0.236 e. The van der Waals surface area contributed by atoms with Gasteiger partial charge in [-0.15, -0.1) is 11.3 Å². The van der Waals surface area contributed by atoms with Crippen LogP contribution in [0.5, 0.6) is 0 Å². The second kappa shape index (κ2) is 7.92. The van der Waals surface area contributed by atoms with Crippen molar-refractivity contribution in [1.82, 2.24) is 10.6 Å². The zero-order chi connectivity index (χ0) is 13.5. The summed E-state index contributed by atoms with van der Waals surface area (Å²) in [5, 5.41) is 8.22. The summed E-state index contributed by atoms with van der Waals surface area (Å²) in [6.45, 7) is 7.68. The van der Waals surface area contributed by atoms with E-state index >= 15 is 0 Å². The van der Waals surface area contributed by atoms with Crippen molar-refractivity contribution in [2.45, 2.75) is 39.8 Å². The van der Waals surface area contributed by atoms with E-state index in [-0.39, 0.29) is 11.9 Å². The Bertz CT molecular complexity index is 379. The van der Waals surface area contributed by atoms with Gasteiger partial charge in [0.1, 0.15) is 0 Å². The predicted octanol–water partition coefficient (Wildman–Crippen LogP) is 3.15. The van der Waals surface area contributed by atoms with Crippen molar-refractivity contribution in [3.05, 3.63) is 20.8 Å². The normalized spacial score (nSPS) is 12.7. The third kappa shape index (κ3) is 5.50. The van der Waals surface area contributed by atoms with E-state index in [1.54, 1.807) is 11.3 Å². The molecule has 1 aromatic heterocycles. The fourth-order valence-corrected chi connectivity index (χ4v) is 2.87. The quantitative estimate of drug-likeness (QED) is 0.805. The third-order valence-corrected chi connectivity index (χ3v) is 4.60. The standard InChI is InChI=1S/C13H21BrN2OS/c1-9(2)4-6-15-13(17)10(3)16-8-12-11(14)5-7-18-12/h5,7,9-10,16H,4,6,8H2,1-3H3,(H,15,17). The Morgan fingerprint density at radius 2 is 2.17 bits per heavy atom. The van der Waals surface area contributed by atoms with Crippen LogP contribution in [0.4, 0.5) is 0 Å². The summed E-state index contributed by atoms with van der Waals surface area (Å²) in [6.07, 6.45) is 1.02. The average molecular weight is 333 g/mol. The first-order valence-electron chi connectivity index (χ1n) is 6.23. The molecule has 0 radical (unpaired) electrons. The number of halogens is 1. The highest BCUT2D eigenvalue weighted by molar-refractivity contribution is 9.10. The Labute approximate surface area is 121 Å². The van der Waals surface area contributed by atoms with Crippen LogP contribution in [-0.4, -0.2) is 18.5 Å². The summed E-state index contributed by atoms with van der Waals surface area (Å²) in [4.78, 5) is 13.0. The SMILES string of the molecule is CC(C)CCNC(=O)C(C)NCc1sccc1Br. The molecule has 5 heteroatoms. The topological polar surface area (TPSA) is 41.1 Å². The number of carbonyl (C=O) groups excluding carboxylic acids is 1. The molecule has 2 N–H and O–H groups in total. The van der Waals surface area contributed by atoms with Crippen LogP contribution in [0.25, 0.3) is 0 Å². The first kappa shape index (κ1) is 15.7. The molecule has 1 heterocycles. The molecular formula is C13H21BrN2OS. The molecule has 0 spiro atoms. The molecule has 3 nitrogen and oxygen atoms in total. The van der Waals surface area contributed by atoms with Crippen molar-refractivity contribution >= 4 is 33.2 Å². The molecule has 102 valence electrons. The fraction of sp³-hybridized carbons (Fsp3) is 0.615. The largest absolute Gasteiger partial charge is 0.355 e. The summed E-state index contributed by atoms with van der Waals surface area (Å²) in [6, 6.07) is 1.86. The van der Waals surface area contributed by atoms with Crippen molar-refractivity contribution in [2.24, 2.45) is 5.92 Å². The predicted molar refractivity (Wildman–Crippen MR) is 80.8 cm³/mol. The van der Waals surface area contributed by atoms with Gasteiger partial charge >= 0.3 is 0 Å². The maximum atomic E-state index is 11.8. The van der Waals surface area contributed by atoms with E-state index in [1.807, 2.05) is 18.4 Å². The van der Waals surface area contributed by atoms with Crippen molar-refractivity contribution in [3.8, 4) is 0 Å². The summed E-state index contributed by atoms with van der Waals surface area (Å²) >= 11 is 5.17. The van der Waals surface area contributed by atoms with Crippen LogP contribution in [-0.2, 0) is 11.3 Å². The summed E-state index contributed by atoms with van der Waals surface area (Å²) < 4.78 is 1.10. The molecule has 1 rings (SSSR count). The van der Waals surface area contributed by atoms with E-state index in [0.717, 1.165) is 24.0 Å². The Morgan fingerprint density at radius 1 is 1.44 bits per heavy atom. The van der Waals surface area contributed by atoms with E-state index in [0.29, 0.717) is 5.92 Å². The minimum absolute atomic E-state index is 0.0725. The van der Waals surface area contributed by atoms with Gasteiger partial charge in [0.2, 0.25) is 5.91 Å². The lowest BCUT2D eigenvalue weighted by molar-refractivity contribution is -0.122. The number of thiophene rings is 1. The summed E-state index contributed by atoms with van der Waals surface area (Å²) in [5.74, 6) is 0.693. The second-order valence-electron chi connectivity index (χ2n) is 4.77. The maximum absolute atomic E-state index is 11.8. The Kier molecular flexibility index (Phi) is 6.89. The number of rotatable bonds is 7. The van der Waals surface area contributed by atoms with Gasteiger partial charge in [0.05, 0.1) is 6.04 Å². The number of carbonyl (C=O) groups is 1. The van der Waals surface area contributed by atoms with Crippen LogP contribution in [0.15, 0.2) is 15.9 Å². The zero-order valence-corrected chi connectivity index (χ0v) is 13.5. The highest BCUT2D eigenvalue weighted by atomic mass is 79.9. The Balaban J connectivity index is 2.25. The molecule has 1 unspecified atom stereocenters. The van der Waals surface area contributed by atoms with E-state index in [4.69, 9.17) is 0 Å². The second-order valence-corrected chi connectivity index (χ2v) is 6.62. The molecule has 0 aromatic carbocycles. The van der Waals surface area contributed by atoms with E-state index < -0.39 is 0 Å². The highest BCUT2D eigenvalue weighted by Gasteiger charge is 2.12. The van der Waals surface area contributed by atoms with Gasteiger partial charge in [-0.25, -0.2) is 0 Å². The number of hydrogen-bond donors (Lipinski definition) is 2. The van der Waals surface area contributed by atoms with E-state index in [9.17, 15) is 4.79 Å². The van der Waals surface area contributed by atoms with Crippen molar-refractivity contribution in [3.63, 3.8) is 0 Å². The van der Waals surface area contributed by atoms with Crippen molar-refractivity contribution in [1.29, 1.82) is 0 Å². The first-order valence-corrected chi connectivity index (χ1v) is 7.91. The molecular weight excluding hydrogens is 312 g/mol. The molecule has 0 aliphatic rings. The molecule has 0 aliphatic heterocycles. The van der Waals surface area contributed by atoms with Crippen LogP contribution in [0.1, 0.15) is 32.1 Å². The molecule has 1 aromatic rings. The third-order valence-electron chi connectivity index (χ3n) is 2.67. The minimum Gasteiger partial charge on any atom is -0.355 e. The Morgan fingerprint density at radius 3 is 2.72 bits per heavy atom. The van der Waals surface area contributed by atoms with Gasteiger partial charge in [0.15, 0.2) is 0 Å². The van der Waals surface area contributed by atoms with Crippen LogP contribution in [0.2, 0.25) is 0 Å². The molecule has 1 atom stereocenters. The minimum atomic E-state index is -0.161. The lowest BCUT2D eigenvalue weighted by Crippen LogP contribution is -2.42. The molecule has 18 heavy (non-hydrogen) atoms. The Hall–Kier alpha value is -0.390. The van der Waals surface area contributed by atoms with Gasteiger partial charge in [0, 0.05) is 22.4 Å². The van der Waals surface area contributed by atoms with Gasteiger partial charge in [-0.1, -0.05) is 13.8 Å². The lowest BCUT2D eigenvalue weighted by Gasteiger charge is -2.14. The average Bonchev–Trinajstić information content (AvgIpc) is 2.71. The van der Waals surface area contributed by atoms with Crippen LogP contribution >= 0.6 is 27.3 Å².